The molecule has 5 nitrogen and oxygen atoms in total. The molecule has 21 heavy (non-hydrogen) atoms. The normalized spacial score (nSPS) is 11.4. The Morgan fingerprint density at radius 2 is 1.67 bits per heavy atom. The molecule has 0 spiro atoms. The topological polar surface area (TPSA) is 98.2 Å². The molecular formula is C15H19N3O2S. The van der Waals surface area contributed by atoms with Crippen LogP contribution in [-0.4, -0.2) is 8.42 Å². The van der Waals surface area contributed by atoms with Gasteiger partial charge in [0.05, 0.1) is 4.90 Å². The molecule has 6 heteroatoms. The van der Waals surface area contributed by atoms with Crippen LogP contribution in [0.1, 0.15) is 16.7 Å². The smallest absolute Gasteiger partial charge is 0.238 e. The third-order valence-electron chi connectivity index (χ3n) is 3.34. The van der Waals surface area contributed by atoms with Crippen molar-refractivity contribution in [3.63, 3.8) is 0 Å². The molecule has 0 aliphatic rings. The number of benzene rings is 2. The van der Waals surface area contributed by atoms with Gasteiger partial charge in [-0.1, -0.05) is 17.7 Å². The average molecular weight is 305 g/mol. The predicted octanol–water partition coefficient (Wildman–Crippen LogP) is 2.59. The van der Waals surface area contributed by atoms with Gasteiger partial charge in [0.25, 0.3) is 0 Å². The lowest BCUT2D eigenvalue weighted by Crippen LogP contribution is -2.15. The highest BCUT2D eigenvalue weighted by Gasteiger charge is 2.16. The second-order valence-corrected chi connectivity index (χ2v) is 6.71. The van der Waals surface area contributed by atoms with E-state index in [0.29, 0.717) is 16.9 Å². The summed E-state index contributed by atoms with van der Waals surface area (Å²) in [6.07, 6.45) is 0. The summed E-state index contributed by atoms with van der Waals surface area (Å²) in [5, 5.41) is 8.45. The molecule has 0 unspecified atom stereocenters. The van der Waals surface area contributed by atoms with Gasteiger partial charge >= 0.3 is 0 Å². The average Bonchev–Trinajstić information content (AvgIpc) is 2.35. The Bertz CT molecular complexity index is 799. The van der Waals surface area contributed by atoms with Crippen molar-refractivity contribution >= 4 is 27.1 Å². The van der Waals surface area contributed by atoms with E-state index < -0.39 is 10.0 Å². The summed E-state index contributed by atoms with van der Waals surface area (Å²) in [5.74, 6) is 0. The quantitative estimate of drug-likeness (QED) is 0.759. The van der Waals surface area contributed by atoms with Crippen LogP contribution in [-0.2, 0) is 10.0 Å². The molecule has 0 heterocycles. The third kappa shape index (κ3) is 3.34. The number of aryl methyl sites for hydroxylation is 2. The van der Waals surface area contributed by atoms with Crippen LogP contribution in [0.25, 0.3) is 0 Å². The van der Waals surface area contributed by atoms with Crippen molar-refractivity contribution in [3.05, 3.63) is 47.0 Å². The number of sulfonamides is 1. The van der Waals surface area contributed by atoms with Crippen LogP contribution < -0.4 is 16.2 Å². The monoisotopic (exact) mass is 305 g/mol. The molecule has 0 aliphatic carbocycles. The molecule has 0 saturated heterocycles. The molecule has 2 aromatic carbocycles. The van der Waals surface area contributed by atoms with Crippen LogP contribution in [0.4, 0.5) is 17.1 Å². The second-order valence-electron chi connectivity index (χ2n) is 5.18. The van der Waals surface area contributed by atoms with Crippen molar-refractivity contribution in [1.29, 1.82) is 0 Å². The zero-order valence-electron chi connectivity index (χ0n) is 12.3. The van der Waals surface area contributed by atoms with Gasteiger partial charge in [0.15, 0.2) is 0 Å². The molecule has 0 amide bonds. The summed E-state index contributed by atoms with van der Waals surface area (Å²) in [7, 11) is -3.81. The molecule has 2 rings (SSSR count). The van der Waals surface area contributed by atoms with Gasteiger partial charge in [-0.2, -0.15) is 0 Å². The number of nitrogens with two attached hydrogens (primary N) is 2. The molecule has 0 bridgehead atoms. The Balaban J connectivity index is 2.52. The van der Waals surface area contributed by atoms with Crippen molar-refractivity contribution in [1.82, 2.24) is 0 Å². The maximum Gasteiger partial charge on any atom is 0.238 e. The SMILES string of the molecule is Cc1ccc(Nc2cc(N)cc(S(N)(=O)=O)c2C)c(C)c1. The second kappa shape index (κ2) is 5.38. The van der Waals surface area contributed by atoms with E-state index in [0.717, 1.165) is 16.8 Å². The molecule has 0 aliphatic heterocycles. The van der Waals surface area contributed by atoms with E-state index in [2.05, 4.69) is 5.32 Å². The first kappa shape index (κ1) is 15.3. The van der Waals surface area contributed by atoms with Crippen molar-refractivity contribution < 1.29 is 8.42 Å². The Hall–Kier alpha value is -2.05. The molecule has 112 valence electrons. The van der Waals surface area contributed by atoms with E-state index in [1.807, 2.05) is 32.0 Å². The largest absolute Gasteiger partial charge is 0.399 e. The van der Waals surface area contributed by atoms with E-state index >= 15 is 0 Å². The minimum atomic E-state index is -3.81. The molecule has 2 aromatic rings. The van der Waals surface area contributed by atoms with Crippen LogP contribution in [0.2, 0.25) is 0 Å². The van der Waals surface area contributed by atoms with Crippen LogP contribution >= 0.6 is 0 Å². The molecule has 0 aromatic heterocycles. The lowest BCUT2D eigenvalue weighted by molar-refractivity contribution is 0.597. The van der Waals surface area contributed by atoms with Gasteiger partial charge in [-0.25, -0.2) is 13.6 Å². The first-order valence-electron chi connectivity index (χ1n) is 6.45. The summed E-state index contributed by atoms with van der Waals surface area (Å²) >= 11 is 0. The Morgan fingerprint density at radius 3 is 2.24 bits per heavy atom. The maximum atomic E-state index is 11.6. The molecule has 0 atom stereocenters. The number of nitrogen functional groups attached to an aromatic ring is 1. The first-order chi connectivity index (χ1) is 9.68. The van der Waals surface area contributed by atoms with Crippen molar-refractivity contribution in [2.45, 2.75) is 25.7 Å². The van der Waals surface area contributed by atoms with Crippen molar-refractivity contribution in [2.75, 3.05) is 11.1 Å². The Kier molecular flexibility index (Phi) is 3.93. The fraction of sp³-hybridized carbons (Fsp3) is 0.200. The standard InChI is InChI=1S/C15H19N3O2S/c1-9-4-5-13(10(2)6-9)18-14-7-12(16)8-15(11(14)3)21(17,19)20/h4-8,18H,16H2,1-3H3,(H2,17,19,20). The molecular weight excluding hydrogens is 286 g/mol. The molecule has 0 fully saturated rings. The number of hydrogen-bond acceptors (Lipinski definition) is 4. The van der Waals surface area contributed by atoms with E-state index in [1.165, 1.54) is 6.07 Å². The van der Waals surface area contributed by atoms with Crippen molar-refractivity contribution in [2.24, 2.45) is 5.14 Å². The summed E-state index contributed by atoms with van der Waals surface area (Å²) in [6, 6.07) is 9.05. The number of rotatable bonds is 3. The van der Waals surface area contributed by atoms with Gasteiger partial charge < -0.3 is 11.1 Å². The predicted molar refractivity (Wildman–Crippen MR) is 86.2 cm³/mol. The van der Waals surface area contributed by atoms with Gasteiger partial charge in [0.2, 0.25) is 10.0 Å². The minimum Gasteiger partial charge on any atom is -0.399 e. The summed E-state index contributed by atoms with van der Waals surface area (Å²) < 4.78 is 23.2. The molecule has 0 radical (unpaired) electrons. The lowest BCUT2D eigenvalue weighted by atomic mass is 10.1. The van der Waals surface area contributed by atoms with Gasteiger partial charge in [-0.05, 0) is 50.1 Å². The molecule has 0 saturated carbocycles. The minimum absolute atomic E-state index is 0.0368. The zero-order chi connectivity index (χ0) is 15.8. The van der Waals surface area contributed by atoms with Crippen LogP contribution in [0.3, 0.4) is 0 Å². The zero-order valence-corrected chi connectivity index (χ0v) is 13.1. The number of anilines is 3. The van der Waals surface area contributed by atoms with Gasteiger partial charge in [-0.15, -0.1) is 0 Å². The highest BCUT2D eigenvalue weighted by Crippen LogP contribution is 2.30. The lowest BCUT2D eigenvalue weighted by Gasteiger charge is -2.15. The van der Waals surface area contributed by atoms with E-state index in [9.17, 15) is 8.42 Å². The summed E-state index contributed by atoms with van der Waals surface area (Å²) in [5.41, 5.74) is 10.4. The maximum absolute atomic E-state index is 11.6. The van der Waals surface area contributed by atoms with Crippen LogP contribution in [0.15, 0.2) is 35.2 Å². The summed E-state index contributed by atoms with van der Waals surface area (Å²) in [4.78, 5) is 0.0368. The number of hydrogen-bond donors (Lipinski definition) is 3. The number of nitrogens with one attached hydrogen (secondary N) is 1. The van der Waals surface area contributed by atoms with E-state index in [4.69, 9.17) is 10.9 Å². The first-order valence-corrected chi connectivity index (χ1v) is 8.00. The number of primary sulfonamides is 1. The Morgan fingerprint density at radius 1 is 1.00 bits per heavy atom. The van der Waals surface area contributed by atoms with E-state index in [1.54, 1.807) is 13.0 Å². The molecule has 5 N–H and O–H groups in total. The fourth-order valence-corrected chi connectivity index (χ4v) is 3.07. The van der Waals surface area contributed by atoms with Crippen molar-refractivity contribution in [3.8, 4) is 0 Å². The fourth-order valence-electron chi connectivity index (χ4n) is 2.23. The van der Waals surface area contributed by atoms with Crippen LogP contribution in [0, 0.1) is 20.8 Å². The highest BCUT2D eigenvalue weighted by atomic mass is 32.2. The van der Waals surface area contributed by atoms with E-state index in [-0.39, 0.29) is 4.90 Å². The highest BCUT2D eigenvalue weighted by molar-refractivity contribution is 7.89. The van der Waals surface area contributed by atoms with Crippen LogP contribution in [0.5, 0.6) is 0 Å². The van der Waals surface area contributed by atoms with Gasteiger partial charge in [-0.3, -0.25) is 0 Å². The summed E-state index contributed by atoms with van der Waals surface area (Å²) in [6.45, 7) is 5.70. The third-order valence-corrected chi connectivity index (χ3v) is 4.38. The van der Waals surface area contributed by atoms with Gasteiger partial charge in [0.1, 0.15) is 0 Å². The van der Waals surface area contributed by atoms with Gasteiger partial charge in [0, 0.05) is 17.1 Å². The Labute approximate surface area is 125 Å².